The quantitative estimate of drug-likeness (QED) is 0.114. The highest BCUT2D eigenvalue weighted by atomic mass is 16.8. The zero-order valence-corrected chi connectivity index (χ0v) is 28.4. The largest absolute Gasteiger partial charge is 0.517 e. The number of hydrogen-bond donors (Lipinski definition) is 4. The van der Waals surface area contributed by atoms with Crippen molar-refractivity contribution in [2.24, 2.45) is 0 Å². The molecule has 2 heterocycles. The lowest BCUT2D eigenvalue weighted by Crippen LogP contribution is -2.40. The predicted molar refractivity (Wildman–Crippen MR) is 154 cm³/mol. The maximum absolute atomic E-state index is 11.4. The first-order chi connectivity index (χ1) is 22.8. The predicted octanol–water partition coefficient (Wildman–Crippen LogP) is -1.44. The summed E-state index contributed by atoms with van der Waals surface area (Å²) in [7, 11) is 0. The fourth-order valence-corrected chi connectivity index (χ4v) is 2.35. The molecule has 0 aromatic rings. The highest BCUT2D eigenvalue weighted by molar-refractivity contribution is 5.93. The van der Waals surface area contributed by atoms with Crippen molar-refractivity contribution in [2.45, 2.75) is 111 Å². The van der Waals surface area contributed by atoms with Crippen LogP contribution in [0.2, 0.25) is 0 Å². The molecule has 7 atom stereocenters. The molecule has 0 saturated carbocycles. The van der Waals surface area contributed by atoms with Gasteiger partial charge in [0.1, 0.15) is 12.7 Å². The highest BCUT2D eigenvalue weighted by Crippen LogP contribution is 2.19. The molecule has 2 rings (SSSR count). The van der Waals surface area contributed by atoms with E-state index in [2.05, 4.69) is 37.9 Å². The van der Waals surface area contributed by atoms with Crippen LogP contribution in [0.15, 0.2) is 0 Å². The number of ether oxygens (including phenoxy) is 8. The zero-order chi connectivity index (χ0) is 39.7. The molecule has 2 aliphatic rings. The van der Waals surface area contributed by atoms with Crippen molar-refractivity contribution >= 4 is 59.9 Å². The number of aliphatic hydroxyl groups excluding tert-OH is 2. The molecule has 2 aliphatic heterocycles. The minimum absolute atomic E-state index is 0.480. The molecular formula is C28H40O22. The van der Waals surface area contributed by atoms with E-state index >= 15 is 0 Å². The van der Waals surface area contributed by atoms with E-state index < -0.39 is 115 Å². The molecule has 50 heavy (non-hydrogen) atoms. The molecule has 0 amide bonds. The van der Waals surface area contributed by atoms with Crippen LogP contribution >= 0.6 is 0 Å². The first kappa shape index (κ1) is 46.7. The van der Waals surface area contributed by atoms with Gasteiger partial charge in [0.05, 0.1) is 0 Å². The molecule has 0 spiro atoms. The Morgan fingerprint density at radius 2 is 1.04 bits per heavy atom. The molecule has 0 aliphatic carbocycles. The average Bonchev–Trinajstić information content (AvgIpc) is 3.24. The summed E-state index contributed by atoms with van der Waals surface area (Å²) in [6, 6.07) is 0. The van der Waals surface area contributed by atoms with Crippen molar-refractivity contribution < 1.29 is 106 Å². The summed E-state index contributed by atoms with van der Waals surface area (Å²) < 4.78 is 35.6. The van der Waals surface area contributed by atoms with Gasteiger partial charge in [-0.25, -0.2) is 47.9 Å². The SMILES string of the molecule is CC(O)C(=O)OC(C)C(=O)O.CC(OC(=O)C(C)OC(=O)C(C)OC(=O)CO)C(=O)O.CC1(C)OC(=O)OC1=O.CC1OC(=O)C(C)OC1=O. The first-order valence-electron chi connectivity index (χ1n) is 14.2. The van der Waals surface area contributed by atoms with Gasteiger partial charge in [0.25, 0.3) is 0 Å². The third kappa shape index (κ3) is 18.2. The number of cyclic esters (lactones) is 5. The molecule has 0 radical (unpaired) electrons. The van der Waals surface area contributed by atoms with Crippen LogP contribution in [0.5, 0.6) is 0 Å². The number of carboxylic acid groups (broad SMARTS) is 2. The van der Waals surface area contributed by atoms with Gasteiger partial charge in [0, 0.05) is 0 Å². The number of carbonyl (C=O) groups excluding carboxylic acids is 8. The van der Waals surface area contributed by atoms with Gasteiger partial charge in [-0.3, -0.25) is 0 Å². The molecule has 284 valence electrons. The summed E-state index contributed by atoms with van der Waals surface area (Å²) in [4.78, 5) is 107. The van der Waals surface area contributed by atoms with E-state index in [9.17, 15) is 47.9 Å². The Hall–Kier alpha value is -5.38. The monoisotopic (exact) mass is 728 g/mol. The summed E-state index contributed by atoms with van der Waals surface area (Å²) in [6.07, 6.45) is -8.96. The number of hydrogen-bond acceptors (Lipinski definition) is 20. The molecule has 2 saturated heterocycles. The molecular weight excluding hydrogens is 688 g/mol. The minimum Gasteiger partial charge on any atom is -0.479 e. The molecule has 22 nitrogen and oxygen atoms in total. The van der Waals surface area contributed by atoms with E-state index in [4.69, 9.17) is 20.4 Å². The van der Waals surface area contributed by atoms with E-state index in [1.54, 1.807) is 0 Å². The normalized spacial score (nSPS) is 20.0. The fourth-order valence-electron chi connectivity index (χ4n) is 2.35. The van der Waals surface area contributed by atoms with Crippen molar-refractivity contribution in [3.63, 3.8) is 0 Å². The van der Waals surface area contributed by atoms with Gasteiger partial charge >= 0.3 is 59.9 Å². The molecule has 0 aromatic heterocycles. The maximum atomic E-state index is 11.4. The Balaban J connectivity index is 0. The third-order valence-corrected chi connectivity index (χ3v) is 5.27. The Bertz CT molecular complexity index is 1250. The van der Waals surface area contributed by atoms with Crippen LogP contribution in [0.3, 0.4) is 0 Å². The van der Waals surface area contributed by atoms with Crippen LogP contribution < -0.4 is 0 Å². The van der Waals surface area contributed by atoms with E-state index in [-0.39, 0.29) is 0 Å². The van der Waals surface area contributed by atoms with Gasteiger partial charge in [0.15, 0.2) is 36.6 Å². The maximum Gasteiger partial charge on any atom is 0.517 e. The number of aliphatic hydroxyl groups is 2. The summed E-state index contributed by atoms with van der Waals surface area (Å²) in [5.74, 6) is -8.20. The van der Waals surface area contributed by atoms with E-state index in [0.717, 1.165) is 6.92 Å². The average molecular weight is 729 g/mol. The third-order valence-electron chi connectivity index (χ3n) is 5.27. The number of aliphatic carboxylic acids is 2. The van der Waals surface area contributed by atoms with Gasteiger partial charge in [0.2, 0.25) is 5.60 Å². The van der Waals surface area contributed by atoms with Crippen molar-refractivity contribution in [1.82, 2.24) is 0 Å². The number of carboxylic acids is 2. The Morgan fingerprint density at radius 1 is 0.680 bits per heavy atom. The van der Waals surface area contributed by atoms with Crippen molar-refractivity contribution in [3.8, 4) is 0 Å². The summed E-state index contributed by atoms with van der Waals surface area (Å²) in [5.41, 5.74) is -1.09. The van der Waals surface area contributed by atoms with Crippen LogP contribution in [0, 0.1) is 0 Å². The molecule has 2 fully saturated rings. The Kier molecular flexibility index (Phi) is 20.2. The lowest BCUT2D eigenvalue weighted by molar-refractivity contribution is -0.191. The second kappa shape index (κ2) is 21.6. The van der Waals surface area contributed by atoms with Crippen LogP contribution in [0.4, 0.5) is 4.79 Å². The fraction of sp³-hybridized carbons (Fsp3) is 0.643. The van der Waals surface area contributed by atoms with Gasteiger partial charge < -0.3 is 58.3 Å². The van der Waals surface area contributed by atoms with Crippen LogP contribution in [0.1, 0.15) is 62.3 Å². The van der Waals surface area contributed by atoms with Gasteiger partial charge in [-0.05, 0) is 62.3 Å². The second-order valence-electron chi connectivity index (χ2n) is 10.3. The van der Waals surface area contributed by atoms with Crippen molar-refractivity contribution in [2.75, 3.05) is 6.61 Å². The molecule has 22 heteroatoms. The summed E-state index contributed by atoms with van der Waals surface area (Å²) in [5, 5.41) is 33.8. The van der Waals surface area contributed by atoms with Gasteiger partial charge in [-0.1, -0.05) is 0 Å². The van der Waals surface area contributed by atoms with Crippen molar-refractivity contribution in [3.05, 3.63) is 0 Å². The lowest BCUT2D eigenvalue weighted by Gasteiger charge is -2.22. The lowest BCUT2D eigenvalue weighted by atomic mass is 10.1. The van der Waals surface area contributed by atoms with Gasteiger partial charge in [-0.15, -0.1) is 0 Å². The standard InChI is InChI=1S/C11H16O9.C6H10O5.C6H8O4.C5H6O4/c1-5(9(14)15)19-11(17)7(3)20-10(16)6(2)18-8(13)4-12;1-3(7)6(10)11-4(2)5(8)9;1-3-5(7)10-4(2)6(8)9-3;1-5(2)3(6)8-4(7)9-5/h5-7,12H,4H2,1-3H3,(H,14,15);3-4,7H,1-2H3,(H,8,9);3-4H,1-2H3;1-2H3. The summed E-state index contributed by atoms with van der Waals surface area (Å²) in [6.45, 7) is 10.9. The van der Waals surface area contributed by atoms with Crippen LogP contribution in [-0.4, -0.2) is 135 Å². The molecule has 4 N–H and O–H groups in total. The molecule has 7 unspecified atom stereocenters. The topological polar surface area (TPSA) is 325 Å². The number of carbonyl (C=O) groups is 10. The minimum atomic E-state index is -1.38. The Labute approximate surface area is 283 Å². The van der Waals surface area contributed by atoms with Crippen molar-refractivity contribution in [1.29, 1.82) is 0 Å². The van der Waals surface area contributed by atoms with Crippen LogP contribution in [-0.2, 0) is 81.0 Å². The number of rotatable bonds is 10. The number of esters is 7. The van der Waals surface area contributed by atoms with E-state index in [0.29, 0.717) is 0 Å². The highest BCUT2D eigenvalue weighted by Gasteiger charge is 2.43. The first-order valence-corrected chi connectivity index (χ1v) is 14.2. The molecule has 0 aromatic carbocycles. The summed E-state index contributed by atoms with van der Waals surface area (Å²) >= 11 is 0. The van der Waals surface area contributed by atoms with E-state index in [1.165, 1.54) is 55.4 Å². The Morgan fingerprint density at radius 3 is 1.32 bits per heavy atom. The zero-order valence-electron chi connectivity index (χ0n) is 28.4. The second-order valence-corrected chi connectivity index (χ2v) is 10.3. The smallest absolute Gasteiger partial charge is 0.479 e. The molecule has 0 bridgehead atoms. The van der Waals surface area contributed by atoms with Gasteiger partial charge in [-0.2, -0.15) is 0 Å². The van der Waals surface area contributed by atoms with Crippen LogP contribution in [0.25, 0.3) is 0 Å². The van der Waals surface area contributed by atoms with E-state index in [1.807, 2.05) is 0 Å².